The topological polar surface area (TPSA) is 138 Å². The number of aromatic nitrogens is 1. The number of nitro benzene ring substituents is 1. The van der Waals surface area contributed by atoms with E-state index in [1.807, 2.05) is 0 Å². The van der Waals surface area contributed by atoms with Crippen LogP contribution in [0.2, 0.25) is 0 Å². The van der Waals surface area contributed by atoms with Gasteiger partial charge in [0.1, 0.15) is 5.69 Å². The molecule has 2 heterocycles. The van der Waals surface area contributed by atoms with Gasteiger partial charge in [0.15, 0.2) is 5.75 Å². The molecule has 2 amide bonds. The number of nitrogens with zero attached hydrogens (tertiary/aromatic N) is 1. The van der Waals surface area contributed by atoms with Crippen LogP contribution < -0.4 is 20.7 Å². The van der Waals surface area contributed by atoms with E-state index in [-0.39, 0.29) is 23.3 Å². The molecule has 1 aliphatic rings. The number of hydrogen-bond donors (Lipinski definition) is 4. The van der Waals surface area contributed by atoms with Gasteiger partial charge in [0, 0.05) is 18.0 Å². The zero-order valence-electron chi connectivity index (χ0n) is 18.4. The molecule has 4 aromatic rings. The third kappa shape index (κ3) is 4.15. The summed E-state index contributed by atoms with van der Waals surface area (Å²) in [4.78, 5) is 38.8. The standard InChI is InChI=1S/C25H19N5O5/c1-35-23-12-15(5-9-22(23)30(33)34)14-4-7-17-20(11-14)28-18-8-6-16(13-21(18)29-24(17)31)27-25(32)19-3-2-10-26-19/h2-13,26,28H,1H3,(H,27,32)(H,29,31). The molecule has 1 aromatic heterocycles. The minimum absolute atomic E-state index is 0.128. The third-order valence-electron chi connectivity index (χ3n) is 5.61. The van der Waals surface area contributed by atoms with Crippen LogP contribution in [0.4, 0.5) is 28.4 Å². The average Bonchev–Trinajstić information content (AvgIpc) is 3.36. The van der Waals surface area contributed by atoms with Crippen molar-refractivity contribution in [1.82, 2.24) is 4.98 Å². The fourth-order valence-corrected chi connectivity index (χ4v) is 3.87. The summed E-state index contributed by atoms with van der Waals surface area (Å²) in [6, 6.07) is 18.4. The Morgan fingerprint density at radius 1 is 0.943 bits per heavy atom. The van der Waals surface area contributed by atoms with Gasteiger partial charge in [-0.1, -0.05) is 6.07 Å². The van der Waals surface area contributed by atoms with Gasteiger partial charge >= 0.3 is 5.69 Å². The van der Waals surface area contributed by atoms with Crippen LogP contribution in [-0.4, -0.2) is 28.8 Å². The van der Waals surface area contributed by atoms with E-state index in [9.17, 15) is 19.7 Å². The number of amides is 2. The highest BCUT2D eigenvalue weighted by atomic mass is 16.6. The van der Waals surface area contributed by atoms with Crippen LogP contribution >= 0.6 is 0 Å². The predicted octanol–water partition coefficient (Wildman–Crippen LogP) is 5.16. The van der Waals surface area contributed by atoms with Crippen LogP contribution in [0, 0.1) is 10.1 Å². The second kappa shape index (κ2) is 8.67. The third-order valence-corrected chi connectivity index (χ3v) is 5.61. The lowest BCUT2D eigenvalue weighted by atomic mass is 10.0. The number of nitro groups is 1. The predicted molar refractivity (Wildman–Crippen MR) is 132 cm³/mol. The summed E-state index contributed by atoms with van der Waals surface area (Å²) in [5, 5.41) is 20.1. The second-order valence-corrected chi connectivity index (χ2v) is 7.78. The molecule has 0 atom stereocenters. The minimum atomic E-state index is -0.503. The van der Waals surface area contributed by atoms with E-state index in [1.165, 1.54) is 13.2 Å². The molecule has 35 heavy (non-hydrogen) atoms. The highest BCUT2D eigenvalue weighted by Gasteiger charge is 2.21. The van der Waals surface area contributed by atoms with Crippen molar-refractivity contribution in [2.45, 2.75) is 0 Å². The first-order chi connectivity index (χ1) is 16.9. The van der Waals surface area contributed by atoms with Gasteiger partial charge in [0.05, 0.1) is 34.7 Å². The van der Waals surface area contributed by atoms with Crippen molar-refractivity contribution in [3.63, 3.8) is 0 Å². The highest BCUT2D eigenvalue weighted by Crippen LogP contribution is 2.38. The highest BCUT2D eigenvalue weighted by molar-refractivity contribution is 6.13. The van der Waals surface area contributed by atoms with E-state index >= 15 is 0 Å². The smallest absolute Gasteiger partial charge is 0.310 e. The lowest BCUT2D eigenvalue weighted by Gasteiger charge is -2.12. The van der Waals surface area contributed by atoms with Gasteiger partial charge in [-0.25, -0.2) is 0 Å². The lowest BCUT2D eigenvalue weighted by molar-refractivity contribution is -0.385. The van der Waals surface area contributed by atoms with Crippen molar-refractivity contribution < 1.29 is 19.2 Å². The molecular formula is C25H19N5O5. The first-order valence-corrected chi connectivity index (χ1v) is 10.6. The summed E-state index contributed by atoms with van der Waals surface area (Å²) in [7, 11) is 1.38. The number of anilines is 4. The molecule has 0 radical (unpaired) electrons. The molecule has 0 saturated carbocycles. The Morgan fingerprint density at radius 3 is 2.49 bits per heavy atom. The first-order valence-electron chi connectivity index (χ1n) is 10.6. The summed E-state index contributed by atoms with van der Waals surface area (Å²) >= 11 is 0. The molecule has 4 N–H and O–H groups in total. The van der Waals surface area contributed by atoms with Crippen LogP contribution in [0.5, 0.6) is 5.75 Å². The maximum absolute atomic E-state index is 12.9. The second-order valence-electron chi connectivity index (χ2n) is 7.78. The van der Waals surface area contributed by atoms with Gasteiger partial charge in [0.2, 0.25) is 0 Å². The van der Waals surface area contributed by atoms with Gasteiger partial charge < -0.3 is 25.7 Å². The van der Waals surface area contributed by atoms with Crippen LogP contribution in [0.15, 0.2) is 72.9 Å². The van der Waals surface area contributed by atoms with Crippen LogP contribution in [-0.2, 0) is 0 Å². The van der Waals surface area contributed by atoms with Crippen molar-refractivity contribution >= 4 is 40.3 Å². The van der Waals surface area contributed by atoms with Gasteiger partial charge in [-0.2, -0.15) is 0 Å². The van der Waals surface area contributed by atoms with Gasteiger partial charge in [-0.3, -0.25) is 19.7 Å². The number of fused-ring (bicyclic) bond motifs is 2. The largest absolute Gasteiger partial charge is 0.490 e. The van der Waals surface area contributed by atoms with Crippen LogP contribution in [0.3, 0.4) is 0 Å². The number of carbonyl (C=O) groups is 2. The fraction of sp³-hybridized carbons (Fsp3) is 0.0400. The summed E-state index contributed by atoms with van der Waals surface area (Å²) in [6.45, 7) is 0. The number of aromatic amines is 1. The molecule has 3 aromatic carbocycles. The summed E-state index contributed by atoms with van der Waals surface area (Å²) in [5.74, 6) is -0.464. The van der Waals surface area contributed by atoms with Crippen molar-refractivity contribution in [2.75, 3.05) is 23.1 Å². The zero-order valence-corrected chi connectivity index (χ0v) is 18.4. The Balaban J connectivity index is 1.45. The van der Waals surface area contributed by atoms with Crippen molar-refractivity contribution in [3.8, 4) is 16.9 Å². The minimum Gasteiger partial charge on any atom is -0.490 e. The first kappa shape index (κ1) is 21.7. The molecular weight excluding hydrogens is 450 g/mol. The fourth-order valence-electron chi connectivity index (χ4n) is 3.87. The maximum Gasteiger partial charge on any atom is 0.310 e. The van der Waals surface area contributed by atoms with E-state index < -0.39 is 4.92 Å². The molecule has 10 heteroatoms. The normalized spacial score (nSPS) is 11.9. The number of rotatable bonds is 5. The average molecular weight is 469 g/mol. The Morgan fingerprint density at radius 2 is 1.74 bits per heavy atom. The maximum atomic E-state index is 12.9. The number of carbonyl (C=O) groups excluding carboxylic acids is 2. The molecule has 5 rings (SSSR count). The van der Waals surface area contributed by atoms with E-state index in [1.54, 1.807) is 66.9 Å². The molecule has 0 fully saturated rings. The number of benzene rings is 3. The van der Waals surface area contributed by atoms with E-state index in [2.05, 4.69) is 20.9 Å². The SMILES string of the molecule is COc1cc(-c2ccc3c(c2)Nc2ccc(NC(=O)c4ccc[nH]4)cc2NC3=O)ccc1[N+](=O)[O-]. The van der Waals surface area contributed by atoms with E-state index in [0.717, 1.165) is 5.56 Å². The van der Waals surface area contributed by atoms with E-state index in [0.29, 0.717) is 39.6 Å². The molecule has 0 aliphatic carbocycles. The van der Waals surface area contributed by atoms with Crippen LogP contribution in [0.1, 0.15) is 20.8 Å². The molecule has 0 bridgehead atoms. The van der Waals surface area contributed by atoms with Crippen molar-refractivity contribution in [3.05, 3.63) is 94.3 Å². The monoisotopic (exact) mass is 469 g/mol. The van der Waals surface area contributed by atoms with Crippen molar-refractivity contribution in [1.29, 1.82) is 0 Å². The van der Waals surface area contributed by atoms with Gasteiger partial charge in [-0.15, -0.1) is 0 Å². The summed E-state index contributed by atoms with van der Waals surface area (Å²) < 4.78 is 5.17. The number of ether oxygens (including phenoxy) is 1. The number of hydrogen-bond acceptors (Lipinski definition) is 6. The van der Waals surface area contributed by atoms with Crippen LogP contribution in [0.25, 0.3) is 11.1 Å². The molecule has 0 unspecified atom stereocenters. The Bertz CT molecular complexity index is 1480. The van der Waals surface area contributed by atoms with E-state index in [4.69, 9.17) is 4.74 Å². The number of nitrogens with one attached hydrogen (secondary N) is 4. The molecule has 1 aliphatic heterocycles. The quantitative estimate of drug-likeness (QED) is 0.235. The zero-order chi connectivity index (χ0) is 24.5. The molecule has 0 spiro atoms. The lowest BCUT2D eigenvalue weighted by Crippen LogP contribution is -2.13. The Labute approximate surface area is 199 Å². The number of methoxy groups -OCH3 is 1. The molecule has 0 saturated heterocycles. The molecule has 174 valence electrons. The van der Waals surface area contributed by atoms with Gasteiger partial charge in [-0.05, 0) is 65.7 Å². The summed E-state index contributed by atoms with van der Waals surface area (Å²) in [6.07, 6.45) is 1.66. The molecule has 10 nitrogen and oxygen atoms in total. The van der Waals surface area contributed by atoms with Gasteiger partial charge in [0.25, 0.3) is 11.8 Å². The van der Waals surface area contributed by atoms with Crippen molar-refractivity contribution in [2.24, 2.45) is 0 Å². The number of H-pyrrole nitrogens is 1. The summed E-state index contributed by atoms with van der Waals surface area (Å²) in [5.41, 5.74) is 4.41. The Hall–Kier alpha value is -5.12. The Kier molecular flexibility index (Phi) is 5.38.